The van der Waals surface area contributed by atoms with Gasteiger partial charge in [-0.15, -0.1) is 0 Å². The maximum Gasteiger partial charge on any atom is 0.136 e. The van der Waals surface area contributed by atoms with Gasteiger partial charge in [0, 0.05) is 12.3 Å². The third-order valence-corrected chi connectivity index (χ3v) is 3.58. The zero-order valence-electron chi connectivity index (χ0n) is 9.55. The molecule has 0 bridgehead atoms. The number of hydrogen-bond acceptors (Lipinski definition) is 2. The normalized spacial score (nSPS) is 27.8. The van der Waals surface area contributed by atoms with Gasteiger partial charge in [-0.05, 0) is 32.1 Å². The van der Waals surface area contributed by atoms with E-state index < -0.39 is 5.60 Å². The average Bonchev–Trinajstić information content (AvgIpc) is 2.08. The molecule has 0 aromatic rings. The van der Waals surface area contributed by atoms with Gasteiger partial charge in [-0.1, -0.05) is 20.3 Å². The Kier molecular flexibility index (Phi) is 3.71. The lowest BCUT2D eigenvalue weighted by atomic mass is 9.77. The molecule has 0 aromatic heterocycles. The van der Waals surface area contributed by atoms with E-state index in [0.29, 0.717) is 12.2 Å². The molecule has 82 valence electrons. The van der Waals surface area contributed by atoms with Gasteiger partial charge in [0.15, 0.2) is 0 Å². The Labute approximate surface area is 86.7 Å². The zero-order valence-corrected chi connectivity index (χ0v) is 9.55. The van der Waals surface area contributed by atoms with E-state index in [-0.39, 0.29) is 11.8 Å². The topological polar surface area (TPSA) is 37.3 Å². The fourth-order valence-electron chi connectivity index (χ4n) is 2.01. The molecule has 1 fully saturated rings. The highest BCUT2D eigenvalue weighted by atomic mass is 16.3. The van der Waals surface area contributed by atoms with Crippen LogP contribution >= 0.6 is 0 Å². The van der Waals surface area contributed by atoms with Gasteiger partial charge in [0.1, 0.15) is 5.78 Å². The van der Waals surface area contributed by atoms with Gasteiger partial charge < -0.3 is 5.11 Å². The largest absolute Gasteiger partial charge is 0.390 e. The third kappa shape index (κ3) is 2.81. The first-order valence-corrected chi connectivity index (χ1v) is 5.68. The van der Waals surface area contributed by atoms with Crippen molar-refractivity contribution in [3.05, 3.63) is 0 Å². The molecule has 2 unspecified atom stereocenters. The van der Waals surface area contributed by atoms with Crippen LogP contribution in [0.3, 0.4) is 0 Å². The van der Waals surface area contributed by atoms with Crippen molar-refractivity contribution in [3.8, 4) is 0 Å². The highest BCUT2D eigenvalue weighted by Crippen LogP contribution is 2.31. The second-order valence-electron chi connectivity index (χ2n) is 5.13. The first-order chi connectivity index (χ1) is 6.43. The fraction of sp³-hybridized carbons (Fsp3) is 0.917. The Morgan fingerprint density at radius 2 is 2.14 bits per heavy atom. The van der Waals surface area contributed by atoms with E-state index in [9.17, 15) is 9.90 Å². The number of carbonyl (C=O) groups excluding carboxylic acids is 1. The Bertz CT molecular complexity index is 206. The first kappa shape index (κ1) is 11.7. The minimum atomic E-state index is -0.683. The molecule has 1 aliphatic carbocycles. The second-order valence-corrected chi connectivity index (χ2v) is 5.13. The van der Waals surface area contributed by atoms with Crippen molar-refractivity contribution in [3.63, 3.8) is 0 Å². The molecule has 0 spiro atoms. The summed E-state index contributed by atoms with van der Waals surface area (Å²) in [5, 5.41) is 10.1. The predicted molar refractivity (Wildman–Crippen MR) is 57.0 cm³/mol. The summed E-state index contributed by atoms with van der Waals surface area (Å²) < 4.78 is 0. The van der Waals surface area contributed by atoms with Gasteiger partial charge in [0.2, 0.25) is 0 Å². The molecule has 2 heteroatoms. The average molecular weight is 198 g/mol. The van der Waals surface area contributed by atoms with Crippen LogP contribution in [0.1, 0.15) is 52.9 Å². The van der Waals surface area contributed by atoms with Crippen molar-refractivity contribution < 1.29 is 9.90 Å². The maximum atomic E-state index is 11.6. The van der Waals surface area contributed by atoms with Gasteiger partial charge >= 0.3 is 0 Å². The number of ketones is 1. The van der Waals surface area contributed by atoms with Crippen LogP contribution in [0.2, 0.25) is 0 Å². The molecule has 2 nitrogen and oxygen atoms in total. The highest BCUT2D eigenvalue weighted by Gasteiger charge is 2.32. The second kappa shape index (κ2) is 4.43. The van der Waals surface area contributed by atoms with E-state index in [4.69, 9.17) is 0 Å². The molecule has 0 amide bonds. The molecular formula is C12H22O2. The summed E-state index contributed by atoms with van der Waals surface area (Å²) >= 11 is 0. The van der Waals surface area contributed by atoms with Crippen LogP contribution in [0.4, 0.5) is 0 Å². The monoisotopic (exact) mass is 198 g/mol. The molecule has 0 aromatic carbocycles. The van der Waals surface area contributed by atoms with E-state index in [0.717, 1.165) is 25.7 Å². The molecule has 2 atom stereocenters. The lowest BCUT2D eigenvalue weighted by Crippen LogP contribution is -2.36. The lowest BCUT2D eigenvalue weighted by Gasteiger charge is -2.32. The summed E-state index contributed by atoms with van der Waals surface area (Å²) in [7, 11) is 0. The van der Waals surface area contributed by atoms with Gasteiger partial charge in [-0.3, -0.25) is 4.79 Å². The maximum absolute atomic E-state index is 11.6. The van der Waals surface area contributed by atoms with Crippen LogP contribution in [0.5, 0.6) is 0 Å². The summed E-state index contributed by atoms with van der Waals surface area (Å²) in [6, 6.07) is 0. The van der Waals surface area contributed by atoms with Gasteiger partial charge in [0.05, 0.1) is 5.60 Å². The standard InChI is InChI=1S/C12H22O2/c1-9(2)12(3,14)8-10-6-4-5-7-11(10)13/h9-10,14H,4-8H2,1-3H3. The Morgan fingerprint density at radius 1 is 1.50 bits per heavy atom. The van der Waals surface area contributed by atoms with E-state index in [1.807, 2.05) is 20.8 Å². The van der Waals surface area contributed by atoms with Crippen LogP contribution in [-0.2, 0) is 4.79 Å². The Hall–Kier alpha value is -0.370. The molecule has 0 radical (unpaired) electrons. The number of rotatable bonds is 3. The van der Waals surface area contributed by atoms with Crippen molar-refractivity contribution >= 4 is 5.78 Å². The van der Waals surface area contributed by atoms with E-state index in [1.54, 1.807) is 0 Å². The van der Waals surface area contributed by atoms with E-state index >= 15 is 0 Å². The Morgan fingerprint density at radius 3 is 2.64 bits per heavy atom. The summed E-state index contributed by atoms with van der Waals surface area (Å²) in [5.74, 6) is 0.690. The predicted octanol–water partition coefficient (Wildman–Crippen LogP) is 2.54. The van der Waals surface area contributed by atoms with Crippen molar-refractivity contribution in [2.45, 2.75) is 58.5 Å². The number of Topliss-reactive ketones (excluding diaryl/α,β-unsaturated/α-hetero) is 1. The van der Waals surface area contributed by atoms with Gasteiger partial charge in [0.25, 0.3) is 0 Å². The van der Waals surface area contributed by atoms with E-state index in [1.165, 1.54) is 0 Å². The minimum absolute atomic E-state index is 0.112. The Balaban J connectivity index is 2.53. The van der Waals surface area contributed by atoms with Gasteiger partial charge in [-0.25, -0.2) is 0 Å². The fourth-order valence-corrected chi connectivity index (χ4v) is 2.01. The number of carbonyl (C=O) groups is 1. The van der Waals surface area contributed by atoms with E-state index in [2.05, 4.69) is 0 Å². The number of aliphatic hydroxyl groups is 1. The lowest BCUT2D eigenvalue weighted by molar-refractivity contribution is -0.127. The summed E-state index contributed by atoms with van der Waals surface area (Å²) in [4.78, 5) is 11.6. The first-order valence-electron chi connectivity index (χ1n) is 5.68. The quantitative estimate of drug-likeness (QED) is 0.756. The molecular weight excluding hydrogens is 176 g/mol. The van der Waals surface area contributed by atoms with Crippen molar-refractivity contribution in [1.29, 1.82) is 0 Å². The molecule has 14 heavy (non-hydrogen) atoms. The smallest absolute Gasteiger partial charge is 0.136 e. The third-order valence-electron chi connectivity index (χ3n) is 3.58. The molecule has 0 heterocycles. The van der Waals surface area contributed by atoms with Crippen LogP contribution in [0.15, 0.2) is 0 Å². The van der Waals surface area contributed by atoms with Gasteiger partial charge in [-0.2, -0.15) is 0 Å². The highest BCUT2D eigenvalue weighted by molar-refractivity contribution is 5.81. The van der Waals surface area contributed by atoms with Crippen LogP contribution in [0, 0.1) is 11.8 Å². The van der Waals surface area contributed by atoms with Crippen molar-refractivity contribution in [2.75, 3.05) is 0 Å². The molecule has 1 N–H and O–H groups in total. The summed E-state index contributed by atoms with van der Waals surface area (Å²) in [6.07, 6.45) is 4.52. The van der Waals surface area contributed by atoms with Crippen LogP contribution in [0.25, 0.3) is 0 Å². The molecule has 1 aliphatic rings. The van der Waals surface area contributed by atoms with Crippen LogP contribution in [-0.4, -0.2) is 16.5 Å². The summed E-state index contributed by atoms with van der Waals surface area (Å²) in [5.41, 5.74) is -0.683. The molecule has 1 saturated carbocycles. The molecule has 0 aliphatic heterocycles. The molecule has 0 saturated heterocycles. The van der Waals surface area contributed by atoms with Crippen molar-refractivity contribution in [2.24, 2.45) is 11.8 Å². The number of hydrogen-bond donors (Lipinski definition) is 1. The SMILES string of the molecule is CC(C)C(C)(O)CC1CCCCC1=O. The van der Waals surface area contributed by atoms with Crippen LogP contribution < -0.4 is 0 Å². The zero-order chi connectivity index (χ0) is 10.8. The summed E-state index contributed by atoms with van der Waals surface area (Å²) in [6.45, 7) is 5.86. The van der Waals surface area contributed by atoms with Crippen molar-refractivity contribution in [1.82, 2.24) is 0 Å². The minimum Gasteiger partial charge on any atom is -0.390 e. The molecule has 1 rings (SSSR count).